The number of nitrogens with zero attached hydrogens (tertiary/aromatic N) is 2. The van der Waals surface area contributed by atoms with Gasteiger partial charge < -0.3 is 5.11 Å². The Labute approximate surface area is 102 Å². The van der Waals surface area contributed by atoms with Crippen LogP contribution in [0.4, 0.5) is 0 Å². The lowest BCUT2D eigenvalue weighted by molar-refractivity contribution is 0.413. The minimum atomic E-state index is 0.248. The summed E-state index contributed by atoms with van der Waals surface area (Å²) in [5, 5.41) is 10.5. The Morgan fingerprint density at radius 1 is 1.25 bits per heavy atom. The molecule has 0 saturated heterocycles. The summed E-state index contributed by atoms with van der Waals surface area (Å²) in [5.41, 5.74) is 1.92. The molecule has 0 radical (unpaired) electrons. The van der Waals surface area contributed by atoms with Gasteiger partial charge in [0.1, 0.15) is 5.75 Å². The molecule has 0 bridgehead atoms. The lowest BCUT2D eigenvalue weighted by Gasteiger charge is -2.25. The molecule has 4 heteroatoms. The number of phenolic OH excluding ortho intramolecular Hbond substituents is 1. The number of halogens is 1. The fourth-order valence-electron chi connectivity index (χ4n) is 2.11. The zero-order chi connectivity index (χ0) is 11.1. The van der Waals surface area contributed by atoms with Crippen LogP contribution in [0.3, 0.4) is 0 Å². The van der Waals surface area contributed by atoms with Crippen LogP contribution in [0.5, 0.6) is 5.75 Å². The van der Waals surface area contributed by atoms with Crippen LogP contribution in [0, 0.1) is 0 Å². The molecule has 16 heavy (non-hydrogen) atoms. The Hall–Kier alpha value is -1.16. The topological polar surface area (TPSA) is 46.0 Å². The molecule has 0 aliphatic heterocycles. The predicted molar refractivity (Wildman–Crippen MR) is 65.5 cm³/mol. The molecule has 0 unspecified atom stereocenters. The second-order valence-corrected chi connectivity index (χ2v) is 4.92. The Morgan fingerprint density at radius 3 is 2.75 bits per heavy atom. The lowest BCUT2D eigenvalue weighted by atomic mass is 9.81. The highest BCUT2D eigenvalue weighted by atomic mass is 79.9. The summed E-state index contributed by atoms with van der Waals surface area (Å²) in [6, 6.07) is 5.29. The van der Waals surface area contributed by atoms with E-state index in [0.29, 0.717) is 10.7 Å². The molecule has 1 aliphatic rings. The molecule has 3 nitrogen and oxygen atoms in total. The van der Waals surface area contributed by atoms with Gasteiger partial charge in [0, 0.05) is 17.4 Å². The highest BCUT2D eigenvalue weighted by Gasteiger charge is 2.23. The number of phenols is 1. The number of rotatable bonds is 1. The van der Waals surface area contributed by atoms with E-state index >= 15 is 0 Å². The zero-order valence-electron chi connectivity index (χ0n) is 8.65. The van der Waals surface area contributed by atoms with Crippen molar-refractivity contribution in [2.45, 2.75) is 25.2 Å². The first-order chi connectivity index (χ1) is 7.74. The van der Waals surface area contributed by atoms with Crippen molar-refractivity contribution in [2.24, 2.45) is 0 Å². The average Bonchev–Trinajstić information content (AvgIpc) is 2.13. The van der Waals surface area contributed by atoms with Crippen molar-refractivity contribution < 1.29 is 5.11 Å². The monoisotopic (exact) mass is 278 g/mol. The van der Waals surface area contributed by atoms with E-state index in [-0.39, 0.29) is 5.75 Å². The van der Waals surface area contributed by atoms with Crippen molar-refractivity contribution >= 4 is 26.8 Å². The molecule has 3 rings (SSSR count). The zero-order valence-corrected chi connectivity index (χ0v) is 10.2. The Morgan fingerprint density at radius 2 is 2.06 bits per heavy atom. The maximum atomic E-state index is 9.45. The van der Waals surface area contributed by atoms with Crippen LogP contribution in [-0.4, -0.2) is 15.1 Å². The first-order valence-electron chi connectivity index (χ1n) is 5.40. The van der Waals surface area contributed by atoms with E-state index in [9.17, 15) is 5.11 Å². The molecule has 1 saturated carbocycles. The largest absolute Gasteiger partial charge is 0.508 e. The quantitative estimate of drug-likeness (QED) is 0.814. The standard InChI is InChI=1S/C12H11BrN2O/c13-12-14-10-6-8(16)4-5-9(10)11(15-12)7-2-1-3-7/h4-7,16H,1-3H2. The van der Waals surface area contributed by atoms with Crippen LogP contribution in [0.2, 0.25) is 0 Å². The molecule has 1 aromatic heterocycles. The van der Waals surface area contributed by atoms with Gasteiger partial charge in [0.2, 0.25) is 0 Å². The molecule has 1 heterocycles. The van der Waals surface area contributed by atoms with Gasteiger partial charge in [-0.15, -0.1) is 0 Å². The van der Waals surface area contributed by atoms with Crippen LogP contribution < -0.4 is 0 Å². The van der Waals surface area contributed by atoms with Crippen molar-refractivity contribution in [1.29, 1.82) is 0 Å². The van der Waals surface area contributed by atoms with Gasteiger partial charge >= 0.3 is 0 Å². The predicted octanol–water partition coefficient (Wildman–Crippen LogP) is 3.37. The molecule has 1 aliphatic carbocycles. The van der Waals surface area contributed by atoms with E-state index in [0.717, 1.165) is 16.6 Å². The van der Waals surface area contributed by atoms with E-state index in [1.165, 1.54) is 19.3 Å². The van der Waals surface area contributed by atoms with Crippen molar-refractivity contribution in [1.82, 2.24) is 9.97 Å². The van der Waals surface area contributed by atoms with Crippen LogP contribution in [0.25, 0.3) is 10.9 Å². The average molecular weight is 279 g/mol. The Bertz CT molecular complexity index is 547. The van der Waals surface area contributed by atoms with Gasteiger partial charge in [-0.2, -0.15) is 0 Å². The summed E-state index contributed by atoms with van der Waals surface area (Å²) in [6.45, 7) is 0. The molecule has 82 valence electrons. The molecule has 0 atom stereocenters. The summed E-state index contributed by atoms with van der Waals surface area (Å²) < 4.78 is 0.604. The molecule has 1 aromatic carbocycles. The molecular formula is C12H11BrN2O. The van der Waals surface area contributed by atoms with E-state index in [4.69, 9.17) is 0 Å². The summed E-state index contributed by atoms with van der Waals surface area (Å²) >= 11 is 3.33. The molecule has 1 N–H and O–H groups in total. The third-order valence-electron chi connectivity index (χ3n) is 3.17. The van der Waals surface area contributed by atoms with Crippen LogP contribution in [0.15, 0.2) is 22.9 Å². The number of hydrogen-bond acceptors (Lipinski definition) is 3. The second-order valence-electron chi connectivity index (χ2n) is 4.21. The molecular weight excluding hydrogens is 268 g/mol. The van der Waals surface area contributed by atoms with Crippen molar-refractivity contribution in [3.8, 4) is 5.75 Å². The van der Waals surface area contributed by atoms with Crippen molar-refractivity contribution in [3.05, 3.63) is 28.6 Å². The SMILES string of the molecule is Oc1ccc2c(C3CCC3)nc(Br)nc2c1. The Balaban J connectivity index is 2.25. The highest BCUT2D eigenvalue weighted by molar-refractivity contribution is 9.10. The third kappa shape index (κ3) is 1.57. The fraction of sp³-hybridized carbons (Fsp3) is 0.333. The maximum absolute atomic E-state index is 9.45. The van der Waals surface area contributed by atoms with Gasteiger partial charge in [0.15, 0.2) is 4.73 Å². The number of benzene rings is 1. The minimum absolute atomic E-state index is 0.248. The second kappa shape index (κ2) is 3.70. The van der Waals surface area contributed by atoms with E-state index in [1.807, 2.05) is 6.07 Å². The summed E-state index contributed by atoms with van der Waals surface area (Å²) in [6.07, 6.45) is 3.70. The first-order valence-corrected chi connectivity index (χ1v) is 6.19. The van der Waals surface area contributed by atoms with E-state index in [1.54, 1.807) is 12.1 Å². The maximum Gasteiger partial charge on any atom is 0.197 e. The van der Waals surface area contributed by atoms with Gasteiger partial charge in [-0.3, -0.25) is 0 Å². The Kier molecular flexibility index (Phi) is 2.32. The number of aromatic nitrogens is 2. The molecule has 0 spiro atoms. The van der Waals surface area contributed by atoms with Crippen LogP contribution in [0.1, 0.15) is 30.9 Å². The first kappa shape index (κ1) is 10.0. The minimum Gasteiger partial charge on any atom is -0.508 e. The van der Waals surface area contributed by atoms with Gasteiger partial charge in [0.05, 0.1) is 11.2 Å². The van der Waals surface area contributed by atoms with Crippen molar-refractivity contribution in [2.75, 3.05) is 0 Å². The number of fused-ring (bicyclic) bond motifs is 1. The van der Waals surface area contributed by atoms with Gasteiger partial charge in [-0.25, -0.2) is 9.97 Å². The molecule has 1 fully saturated rings. The summed E-state index contributed by atoms with van der Waals surface area (Å²) in [7, 11) is 0. The summed E-state index contributed by atoms with van der Waals surface area (Å²) in [5.74, 6) is 0.809. The summed E-state index contributed by atoms with van der Waals surface area (Å²) in [4.78, 5) is 8.76. The molecule has 0 amide bonds. The number of hydrogen-bond donors (Lipinski definition) is 1. The lowest BCUT2D eigenvalue weighted by Crippen LogP contribution is -2.11. The van der Waals surface area contributed by atoms with Gasteiger partial charge in [0.25, 0.3) is 0 Å². The van der Waals surface area contributed by atoms with E-state index < -0.39 is 0 Å². The van der Waals surface area contributed by atoms with E-state index in [2.05, 4.69) is 25.9 Å². The van der Waals surface area contributed by atoms with Crippen molar-refractivity contribution in [3.63, 3.8) is 0 Å². The smallest absolute Gasteiger partial charge is 0.197 e. The van der Waals surface area contributed by atoms with Crippen LogP contribution in [-0.2, 0) is 0 Å². The third-order valence-corrected chi connectivity index (χ3v) is 3.53. The number of aromatic hydroxyl groups is 1. The highest BCUT2D eigenvalue weighted by Crippen LogP contribution is 2.39. The molecule has 2 aromatic rings. The fourth-order valence-corrected chi connectivity index (χ4v) is 2.49. The van der Waals surface area contributed by atoms with Crippen LogP contribution >= 0.6 is 15.9 Å². The normalized spacial score (nSPS) is 16.3. The van der Waals surface area contributed by atoms with Gasteiger partial charge in [-0.1, -0.05) is 6.42 Å². The van der Waals surface area contributed by atoms with Gasteiger partial charge in [-0.05, 0) is 40.9 Å².